The van der Waals surface area contributed by atoms with Crippen molar-refractivity contribution >= 4 is 11.8 Å². The van der Waals surface area contributed by atoms with Crippen LogP contribution in [0.15, 0.2) is 11.6 Å². The van der Waals surface area contributed by atoms with E-state index in [0.29, 0.717) is 5.57 Å². The van der Waals surface area contributed by atoms with E-state index in [1.54, 1.807) is 0 Å². The summed E-state index contributed by atoms with van der Waals surface area (Å²) in [5.41, 5.74) is 0.651. The van der Waals surface area contributed by atoms with Crippen molar-refractivity contribution in [1.29, 1.82) is 0 Å². The molecule has 0 bridgehead atoms. The number of hydrogen-bond acceptors (Lipinski definition) is 2. The van der Waals surface area contributed by atoms with Crippen LogP contribution in [0.25, 0.3) is 0 Å². The molecule has 16 heavy (non-hydrogen) atoms. The minimum atomic E-state index is -0.198. The number of allylic oxidation sites excluding steroid dienone is 1. The van der Waals surface area contributed by atoms with E-state index in [9.17, 15) is 9.59 Å². The first-order valence-electron chi connectivity index (χ1n) is 6.27. The predicted octanol–water partition coefficient (Wildman–Crippen LogP) is 2.71. The van der Waals surface area contributed by atoms with Crippen LogP contribution in [0, 0.1) is 0 Å². The molecule has 0 aromatic carbocycles. The van der Waals surface area contributed by atoms with Crippen LogP contribution in [0.2, 0.25) is 0 Å². The predicted molar refractivity (Wildman–Crippen MR) is 63.8 cm³/mol. The van der Waals surface area contributed by atoms with Gasteiger partial charge in [0.25, 0.3) is 5.91 Å². The molecular weight excluding hydrogens is 202 g/mol. The topological polar surface area (TPSA) is 46.2 Å². The van der Waals surface area contributed by atoms with Gasteiger partial charge in [0.15, 0.2) is 0 Å². The molecule has 1 fully saturated rings. The van der Waals surface area contributed by atoms with Gasteiger partial charge in [-0.05, 0) is 12.8 Å². The molecule has 0 aliphatic carbocycles. The maximum absolute atomic E-state index is 11.2. The van der Waals surface area contributed by atoms with Crippen molar-refractivity contribution in [2.75, 3.05) is 0 Å². The first kappa shape index (κ1) is 12.9. The molecule has 0 aromatic heterocycles. The summed E-state index contributed by atoms with van der Waals surface area (Å²) in [4.78, 5) is 22.1. The number of nitrogens with one attached hydrogen (secondary N) is 1. The van der Waals surface area contributed by atoms with Gasteiger partial charge in [-0.2, -0.15) is 0 Å². The van der Waals surface area contributed by atoms with E-state index in [2.05, 4.69) is 12.2 Å². The van der Waals surface area contributed by atoms with Gasteiger partial charge in [0.05, 0.1) is 6.42 Å². The highest BCUT2D eigenvalue weighted by Crippen LogP contribution is 2.13. The Kier molecular flexibility index (Phi) is 5.83. The fraction of sp³-hybridized carbons (Fsp3) is 0.692. The lowest BCUT2D eigenvalue weighted by molar-refractivity contribution is -0.124. The molecular formula is C13H21NO2. The van der Waals surface area contributed by atoms with Crippen molar-refractivity contribution in [1.82, 2.24) is 5.32 Å². The molecule has 90 valence electrons. The van der Waals surface area contributed by atoms with E-state index < -0.39 is 0 Å². The highest BCUT2D eigenvalue weighted by molar-refractivity contribution is 6.13. The zero-order valence-electron chi connectivity index (χ0n) is 10.1. The molecule has 2 amide bonds. The lowest BCUT2D eigenvalue weighted by Crippen LogP contribution is -2.19. The number of carbonyl (C=O) groups excluding carboxylic acids is 2. The molecule has 0 aromatic rings. The first-order valence-corrected chi connectivity index (χ1v) is 6.27. The van der Waals surface area contributed by atoms with Crippen LogP contribution in [0.4, 0.5) is 0 Å². The Morgan fingerprint density at radius 3 is 2.44 bits per heavy atom. The first-order chi connectivity index (χ1) is 7.74. The third kappa shape index (κ3) is 4.60. The largest absolute Gasteiger partial charge is 0.292 e. The molecule has 0 spiro atoms. The van der Waals surface area contributed by atoms with Crippen molar-refractivity contribution in [2.45, 2.75) is 58.3 Å². The Morgan fingerprint density at radius 2 is 1.81 bits per heavy atom. The highest BCUT2D eigenvalue weighted by Gasteiger charge is 2.22. The maximum atomic E-state index is 11.2. The second-order valence-corrected chi connectivity index (χ2v) is 4.34. The van der Waals surface area contributed by atoms with Gasteiger partial charge in [-0.1, -0.05) is 45.1 Å². The second-order valence-electron chi connectivity index (χ2n) is 4.34. The molecule has 0 unspecified atom stereocenters. The minimum absolute atomic E-state index is 0.167. The standard InChI is InChI=1S/C13H21NO2/c1-2-3-4-5-6-7-8-9-11-10-12(15)14-13(11)16/h9H,2-8,10H2,1H3,(H,14,15,16). The van der Waals surface area contributed by atoms with Crippen molar-refractivity contribution in [3.8, 4) is 0 Å². The summed E-state index contributed by atoms with van der Waals surface area (Å²) < 4.78 is 0. The Labute approximate surface area is 97.3 Å². The summed E-state index contributed by atoms with van der Waals surface area (Å²) in [6.07, 6.45) is 10.6. The summed E-state index contributed by atoms with van der Waals surface area (Å²) in [5.74, 6) is -0.366. The van der Waals surface area contributed by atoms with Gasteiger partial charge in [-0.25, -0.2) is 0 Å². The Morgan fingerprint density at radius 1 is 1.12 bits per heavy atom. The van der Waals surface area contributed by atoms with E-state index in [-0.39, 0.29) is 18.2 Å². The van der Waals surface area contributed by atoms with Gasteiger partial charge < -0.3 is 0 Å². The molecule has 1 aliphatic rings. The summed E-state index contributed by atoms with van der Waals surface area (Å²) in [6.45, 7) is 2.21. The quantitative estimate of drug-likeness (QED) is 0.410. The molecule has 1 heterocycles. The molecule has 0 radical (unpaired) electrons. The van der Waals surface area contributed by atoms with Gasteiger partial charge in [0.1, 0.15) is 0 Å². The second kappa shape index (κ2) is 7.20. The van der Waals surface area contributed by atoms with Gasteiger partial charge >= 0.3 is 0 Å². The maximum Gasteiger partial charge on any atom is 0.253 e. The lowest BCUT2D eigenvalue weighted by Gasteiger charge is -1.98. The summed E-state index contributed by atoms with van der Waals surface area (Å²) in [6, 6.07) is 0. The van der Waals surface area contributed by atoms with Gasteiger partial charge in [0, 0.05) is 5.57 Å². The van der Waals surface area contributed by atoms with Crippen molar-refractivity contribution in [3.63, 3.8) is 0 Å². The summed E-state index contributed by atoms with van der Waals surface area (Å²) in [7, 11) is 0. The number of amides is 2. The Bertz CT molecular complexity index is 282. The number of unbranched alkanes of at least 4 members (excludes halogenated alkanes) is 6. The van der Waals surface area contributed by atoms with E-state index in [1.807, 2.05) is 6.08 Å². The highest BCUT2D eigenvalue weighted by atomic mass is 16.2. The fourth-order valence-electron chi connectivity index (χ4n) is 1.87. The molecule has 3 nitrogen and oxygen atoms in total. The van der Waals surface area contributed by atoms with Crippen LogP contribution in [0.3, 0.4) is 0 Å². The van der Waals surface area contributed by atoms with E-state index in [4.69, 9.17) is 0 Å². The molecule has 0 atom stereocenters. The third-order valence-corrected chi connectivity index (χ3v) is 2.84. The molecule has 3 heteroatoms. The van der Waals surface area contributed by atoms with Crippen LogP contribution in [-0.2, 0) is 9.59 Å². The van der Waals surface area contributed by atoms with Crippen molar-refractivity contribution in [2.24, 2.45) is 0 Å². The third-order valence-electron chi connectivity index (χ3n) is 2.84. The normalized spacial score (nSPS) is 18.2. The minimum Gasteiger partial charge on any atom is -0.292 e. The summed E-state index contributed by atoms with van der Waals surface area (Å²) >= 11 is 0. The fourth-order valence-corrected chi connectivity index (χ4v) is 1.87. The average molecular weight is 223 g/mol. The summed E-state index contributed by atoms with van der Waals surface area (Å²) in [5, 5.41) is 2.29. The van der Waals surface area contributed by atoms with Crippen molar-refractivity contribution < 1.29 is 9.59 Å². The van der Waals surface area contributed by atoms with Crippen LogP contribution < -0.4 is 5.32 Å². The smallest absolute Gasteiger partial charge is 0.253 e. The van der Waals surface area contributed by atoms with Gasteiger partial charge in [-0.15, -0.1) is 0 Å². The number of rotatable bonds is 7. The number of imide groups is 1. The monoisotopic (exact) mass is 223 g/mol. The Balaban J connectivity index is 2.08. The number of hydrogen-bond donors (Lipinski definition) is 1. The zero-order valence-corrected chi connectivity index (χ0v) is 10.1. The number of carbonyl (C=O) groups is 2. The molecule has 0 saturated carbocycles. The lowest BCUT2D eigenvalue weighted by atomic mass is 10.1. The van der Waals surface area contributed by atoms with Crippen LogP contribution in [0.5, 0.6) is 0 Å². The van der Waals surface area contributed by atoms with E-state index >= 15 is 0 Å². The average Bonchev–Trinajstić information content (AvgIpc) is 2.56. The van der Waals surface area contributed by atoms with E-state index in [0.717, 1.165) is 12.8 Å². The Hall–Kier alpha value is -1.12. The molecule has 1 aliphatic heterocycles. The molecule has 1 rings (SSSR count). The zero-order chi connectivity index (χ0) is 11.8. The van der Waals surface area contributed by atoms with E-state index in [1.165, 1.54) is 32.1 Å². The molecule has 1 saturated heterocycles. The van der Waals surface area contributed by atoms with Gasteiger partial charge in [-0.3, -0.25) is 14.9 Å². The molecule has 1 N–H and O–H groups in total. The van der Waals surface area contributed by atoms with Crippen LogP contribution >= 0.6 is 0 Å². The van der Waals surface area contributed by atoms with Crippen LogP contribution in [-0.4, -0.2) is 11.8 Å². The van der Waals surface area contributed by atoms with Crippen molar-refractivity contribution in [3.05, 3.63) is 11.6 Å². The SMILES string of the molecule is CCCCCCCCC=C1CC(=O)NC1=O. The van der Waals surface area contributed by atoms with Crippen LogP contribution in [0.1, 0.15) is 58.3 Å². The van der Waals surface area contributed by atoms with Gasteiger partial charge in [0.2, 0.25) is 5.91 Å².